The summed E-state index contributed by atoms with van der Waals surface area (Å²) in [5.74, 6) is 0.512. The van der Waals surface area contributed by atoms with Gasteiger partial charge in [0.15, 0.2) is 5.58 Å². The molecule has 3 nitrogen and oxygen atoms in total. The molecule has 2 aromatic carbocycles. The molecule has 0 atom stereocenters. The van der Waals surface area contributed by atoms with Crippen molar-refractivity contribution in [2.45, 2.75) is 0 Å². The Labute approximate surface area is 136 Å². The first-order valence-electron chi connectivity index (χ1n) is 5.35. The topological polar surface area (TPSA) is 52.0 Å². The van der Waals surface area contributed by atoms with Crippen LogP contribution in [0.5, 0.6) is 0 Å². The Bertz CT molecular complexity index is 788. The number of benzene rings is 2. The molecule has 96 valence electrons. The molecule has 0 amide bonds. The fourth-order valence-corrected chi connectivity index (χ4v) is 2.76. The van der Waals surface area contributed by atoms with Crippen molar-refractivity contribution in [1.82, 2.24) is 4.98 Å². The predicted octanol–water partition coefficient (Wildman–Crippen LogP) is 5.10. The van der Waals surface area contributed by atoms with E-state index >= 15 is 0 Å². The Hall–Kier alpha value is -0.790. The molecular formula is C13H7BrClIN2O. The smallest absolute Gasteiger partial charge is 0.227 e. The standard InChI is InChI=1S/C13H7BrClIN2O/c14-7-4-10(17)12-11(5-7)18-13(19-12)6-1-2-9(16)8(15)3-6/h1-5H,17H2. The third kappa shape index (κ3) is 2.46. The van der Waals surface area contributed by atoms with E-state index in [-0.39, 0.29) is 0 Å². The Morgan fingerprint density at radius 1 is 1.26 bits per heavy atom. The van der Waals surface area contributed by atoms with Crippen molar-refractivity contribution in [3.8, 4) is 11.5 Å². The van der Waals surface area contributed by atoms with Gasteiger partial charge in [0.25, 0.3) is 0 Å². The number of anilines is 1. The van der Waals surface area contributed by atoms with Gasteiger partial charge in [-0.05, 0) is 52.9 Å². The molecular weight excluding hydrogens is 442 g/mol. The third-order valence-electron chi connectivity index (χ3n) is 2.65. The molecule has 3 rings (SSSR count). The van der Waals surface area contributed by atoms with Crippen molar-refractivity contribution in [3.05, 3.63) is 43.4 Å². The summed E-state index contributed by atoms with van der Waals surface area (Å²) in [6, 6.07) is 9.33. The van der Waals surface area contributed by atoms with Crippen LogP contribution >= 0.6 is 50.1 Å². The van der Waals surface area contributed by atoms with Crippen molar-refractivity contribution < 1.29 is 4.42 Å². The highest BCUT2D eigenvalue weighted by Gasteiger charge is 2.12. The van der Waals surface area contributed by atoms with Crippen molar-refractivity contribution in [3.63, 3.8) is 0 Å². The van der Waals surface area contributed by atoms with Gasteiger partial charge in [-0.1, -0.05) is 27.5 Å². The lowest BCUT2D eigenvalue weighted by Crippen LogP contribution is -1.84. The molecule has 0 saturated heterocycles. The first-order chi connectivity index (χ1) is 9.04. The molecule has 0 aliphatic carbocycles. The second-order valence-electron chi connectivity index (χ2n) is 3.99. The van der Waals surface area contributed by atoms with Crippen LogP contribution in [-0.4, -0.2) is 4.98 Å². The van der Waals surface area contributed by atoms with E-state index in [4.69, 9.17) is 21.8 Å². The summed E-state index contributed by atoms with van der Waals surface area (Å²) in [6.45, 7) is 0. The molecule has 0 unspecified atom stereocenters. The SMILES string of the molecule is Nc1cc(Br)cc2nc(-c3ccc(I)c(Cl)c3)oc12. The number of nitrogens with two attached hydrogens (primary N) is 1. The summed E-state index contributed by atoms with van der Waals surface area (Å²) in [6.07, 6.45) is 0. The van der Waals surface area contributed by atoms with Crippen molar-refractivity contribution in [1.29, 1.82) is 0 Å². The number of fused-ring (bicyclic) bond motifs is 1. The van der Waals surface area contributed by atoms with Gasteiger partial charge in [0, 0.05) is 13.6 Å². The molecule has 3 aromatic rings. The summed E-state index contributed by atoms with van der Waals surface area (Å²) in [5, 5.41) is 0.675. The Balaban J connectivity index is 2.20. The number of oxazole rings is 1. The zero-order valence-corrected chi connectivity index (χ0v) is 14.0. The fraction of sp³-hybridized carbons (Fsp3) is 0. The number of nitrogen functional groups attached to an aromatic ring is 1. The summed E-state index contributed by atoms with van der Waals surface area (Å²) in [4.78, 5) is 4.44. The van der Waals surface area contributed by atoms with Gasteiger partial charge in [0.2, 0.25) is 5.89 Å². The number of hydrogen-bond acceptors (Lipinski definition) is 3. The van der Waals surface area contributed by atoms with Gasteiger partial charge in [0.1, 0.15) is 5.52 Å². The minimum atomic E-state index is 0.512. The highest BCUT2D eigenvalue weighted by molar-refractivity contribution is 14.1. The predicted molar refractivity (Wildman–Crippen MR) is 89.3 cm³/mol. The first-order valence-corrected chi connectivity index (χ1v) is 7.60. The van der Waals surface area contributed by atoms with E-state index in [0.717, 1.165) is 19.1 Å². The van der Waals surface area contributed by atoms with E-state index in [2.05, 4.69) is 43.5 Å². The van der Waals surface area contributed by atoms with Crippen molar-refractivity contribution in [2.24, 2.45) is 0 Å². The molecule has 19 heavy (non-hydrogen) atoms. The van der Waals surface area contributed by atoms with Gasteiger partial charge in [-0.15, -0.1) is 0 Å². The minimum Gasteiger partial charge on any atom is -0.434 e. The molecule has 0 saturated carbocycles. The monoisotopic (exact) mass is 448 g/mol. The lowest BCUT2D eigenvalue weighted by molar-refractivity contribution is 0.621. The molecule has 0 spiro atoms. The maximum atomic E-state index is 6.11. The molecule has 1 aromatic heterocycles. The lowest BCUT2D eigenvalue weighted by Gasteiger charge is -1.98. The van der Waals surface area contributed by atoms with E-state index in [0.29, 0.717) is 22.2 Å². The molecule has 0 aliphatic heterocycles. The van der Waals surface area contributed by atoms with Crippen LogP contribution in [0, 0.1) is 3.57 Å². The van der Waals surface area contributed by atoms with Gasteiger partial charge < -0.3 is 10.2 Å². The average Bonchev–Trinajstić information content (AvgIpc) is 2.76. The van der Waals surface area contributed by atoms with Crippen LogP contribution in [-0.2, 0) is 0 Å². The minimum absolute atomic E-state index is 0.512. The Kier molecular flexibility index (Phi) is 3.44. The summed E-state index contributed by atoms with van der Waals surface area (Å²) >= 11 is 11.7. The van der Waals surface area contributed by atoms with Crippen LogP contribution < -0.4 is 5.73 Å². The van der Waals surface area contributed by atoms with Gasteiger partial charge in [-0.25, -0.2) is 4.98 Å². The first kappa shape index (κ1) is 13.2. The third-order valence-corrected chi connectivity index (χ3v) is 4.68. The number of rotatable bonds is 1. The van der Waals surface area contributed by atoms with Crippen molar-refractivity contribution in [2.75, 3.05) is 5.73 Å². The van der Waals surface area contributed by atoms with Gasteiger partial charge in [-0.3, -0.25) is 0 Å². The molecule has 0 bridgehead atoms. The molecule has 0 fully saturated rings. The van der Waals surface area contributed by atoms with E-state index in [9.17, 15) is 0 Å². The Morgan fingerprint density at radius 2 is 2.05 bits per heavy atom. The van der Waals surface area contributed by atoms with E-state index in [1.165, 1.54) is 0 Å². The molecule has 0 aliphatic rings. The van der Waals surface area contributed by atoms with Gasteiger partial charge >= 0.3 is 0 Å². The van der Waals surface area contributed by atoms with E-state index < -0.39 is 0 Å². The lowest BCUT2D eigenvalue weighted by atomic mass is 10.2. The number of aromatic nitrogens is 1. The molecule has 2 N–H and O–H groups in total. The number of nitrogens with zero attached hydrogens (tertiary/aromatic N) is 1. The summed E-state index contributed by atoms with van der Waals surface area (Å²) in [7, 11) is 0. The number of halogens is 3. The largest absolute Gasteiger partial charge is 0.434 e. The molecule has 0 radical (unpaired) electrons. The Morgan fingerprint density at radius 3 is 2.79 bits per heavy atom. The van der Waals surface area contributed by atoms with E-state index in [1.54, 1.807) is 6.07 Å². The second-order valence-corrected chi connectivity index (χ2v) is 6.48. The average molecular weight is 449 g/mol. The van der Waals surface area contributed by atoms with Crippen LogP contribution in [0.3, 0.4) is 0 Å². The van der Waals surface area contributed by atoms with Gasteiger partial charge in [-0.2, -0.15) is 0 Å². The molecule has 6 heteroatoms. The zero-order valence-electron chi connectivity index (χ0n) is 9.45. The van der Waals surface area contributed by atoms with Gasteiger partial charge in [0.05, 0.1) is 10.7 Å². The van der Waals surface area contributed by atoms with Crippen LogP contribution in [0.4, 0.5) is 5.69 Å². The number of hydrogen-bond donors (Lipinski definition) is 1. The normalized spacial score (nSPS) is 11.1. The summed E-state index contributed by atoms with van der Waals surface area (Å²) in [5.41, 5.74) is 8.61. The highest BCUT2D eigenvalue weighted by Crippen LogP contribution is 2.32. The maximum absolute atomic E-state index is 6.11. The quantitative estimate of drug-likeness (QED) is 0.416. The maximum Gasteiger partial charge on any atom is 0.227 e. The van der Waals surface area contributed by atoms with E-state index in [1.807, 2.05) is 24.3 Å². The second kappa shape index (κ2) is 4.96. The van der Waals surface area contributed by atoms with Crippen LogP contribution in [0.25, 0.3) is 22.6 Å². The van der Waals surface area contributed by atoms with Crippen LogP contribution in [0.15, 0.2) is 39.2 Å². The van der Waals surface area contributed by atoms with Crippen LogP contribution in [0.1, 0.15) is 0 Å². The fourth-order valence-electron chi connectivity index (χ4n) is 1.78. The summed E-state index contributed by atoms with van der Waals surface area (Å²) < 4.78 is 7.58. The van der Waals surface area contributed by atoms with Crippen LogP contribution in [0.2, 0.25) is 5.02 Å². The highest BCUT2D eigenvalue weighted by atomic mass is 127. The molecule has 1 heterocycles. The zero-order chi connectivity index (χ0) is 13.6. The van der Waals surface area contributed by atoms with Crippen molar-refractivity contribution >= 4 is 66.9 Å².